The molecule has 2 heteroatoms. The molecule has 0 saturated carbocycles. The molecule has 0 radical (unpaired) electrons. The Morgan fingerprint density at radius 1 is 0.500 bits per heavy atom. The molecule has 0 atom stereocenters. The first kappa shape index (κ1) is 20.5. The van der Waals surface area contributed by atoms with Crippen molar-refractivity contribution in [1.29, 1.82) is 0 Å². The van der Waals surface area contributed by atoms with Crippen LogP contribution in [0.4, 0.5) is 0 Å². The van der Waals surface area contributed by atoms with Crippen LogP contribution in [0.3, 0.4) is 0 Å². The fourth-order valence-electron chi connectivity index (χ4n) is 5.55. The highest BCUT2D eigenvalue weighted by Crippen LogP contribution is 2.46. The van der Waals surface area contributed by atoms with Crippen molar-refractivity contribution < 1.29 is 0 Å². The standard InChI is InChI=1S/C34H22S2/c1-2-6-21(7-3-1)22-10-12-23(13-11-22)26-14-15-27-18-30-32(20-28(27)16-26)36-33-29-17-24-8-4-5-9-25(24)19-31(29)35-34(30)33/h2,4-20H,1,3H2. The van der Waals surface area contributed by atoms with E-state index in [1.165, 1.54) is 73.4 Å². The Morgan fingerprint density at radius 2 is 1.11 bits per heavy atom. The molecule has 0 spiro atoms. The molecule has 0 saturated heterocycles. The molecule has 8 rings (SSSR count). The second-order valence-electron chi connectivity index (χ2n) is 9.68. The van der Waals surface area contributed by atoms with E-state index >= 15 is 0 Å². The number of hydrogen-bond donors (Lipinski definition) is 0. The van der Waals surface area contributed by atoms with Crippen molar-refractivity contribution in [2.45, 2.75) is 12.8 Å². The fourth-order valence-corrected chi connectivity index (χ4v) is 8.25. The lowest BCUT2D eigenvalue weighted by Gasteiger charge is -2.09. The Bertz CT molecular complexity index is 2030. The molecule has 1 aliphatic carbocycles. The van der Waals surface area contributed by atoms with Gasteiger partial charge in [0.2, 0.25) is 0 Å². The predicted octanol–water partition coefficient (Wildman–Crippen LogP) is 11.0. The van der Waals surface area contributed by atoms with Crippen LogP contribution in [0.2, 0.25) is 0 Å². The molecular weight excluding hydrogens is 473 g/mol. The summed E-state index contributed by atoms with van der Waals surface area (Å²) < 4.78 is 5.61. The topological polar surface area (TPSA) is 0 Å². The summed E-state index contributed by atoms with van der Waals surface area (Å²) in [6, 6.07) is 34.1. The van der Waals surface area contributed by atoms with Crippen LogP contribution < -0.4 is 0 Å². The Kier molecular flexibility index (Phi) is 4.49. The summed E-state index contributed by atoms with van der Waals surface area (Å²) in [7, 11) is 0. The van der Waals surface area contributed by atoms with E-state index in [0.29, 0.717) is 0 Å². The maximum atomic E-state index is 2.40. The number of rotatable bonds is 2. The van der Waals surface area contributed by atoms with Gasteiger partial charge in [-0.15, -0.1) is 22.7 Å². The lowest BCUT2D eigenvalue weighted by molar-refractivity contribution is 1.04. The average Bonchev–Trinajstić information content (AvgIpc) is 3.46. The molecule has 0 aliphatic heterocycles. The van der Waals surface area contributed by atoms with E-state index in [-0.39, 0.29) is 0 Å². The highest BCUT2D eigenvalue weighted by Gasteiger charge is 2.14. The predicted molar refractivity (Wildman–Crippen MR) is 162 cm³/mol. The first-order chi connectivity index (χ1) is 17.8. The van der Waals surface area contributed by atoms with E-state index in [2.05, 4.69) is 109 Å². The number of hydrogen-bond acceptors (Lipinski definition) is 2. The van der Waals surface area contributed by atoms with Crippen molar-refractivity contribution in [3.05, 3.63) is 115 Å². The van der Waals surface area contributed by atoms with Crippen LogP contribution in [-0.2, 0) is 0 Å². The van der Waals surface area contributed by atoms with Gasteiger partial charge in [-0.2, -0.15) is 0 Å². The molecule has 0 amide bonds. The summed E-state index contributed by atoms with van der Waals surface area (Å²) in [5, 5.41) is 8.04. The summed E-state index contributed by atoms with van der Waals surface area (Å²) in [6.07, 6.45) is 9.15. The molecule has 0 unspecified atom stereocenters. The van der Waals surface area contributed by atoms with Gasteiger partial charge in [-0.3, -0.25) is 0 Å². The second-order valence-corrected chi connectivity index (χ2v) is 11.8. The van der Waals surface area contributed by atoms with E-state index < -0.39 is 0 Å². The van der Waals surface area contributed by atoms with Crippen molar-refractivity contribution >= 4 is 79.4 Å². The SMILES string of the molecule is C1=CC(c2ccc(-c3ccc4cc5c(cc4c3)sc3c4cc6ccccc6cc4sc53)cc2)=CCC1. The first-order valence-corrected chi connectivity index (χ1v) is 14.1. The highest BCUT2D eigenvalue weighted by molar-refractivity contribution is 7.36. The molecule has 170 valence electrons. The quantitative estimate of drug-likeness (QED) is 0.224. The van der Waals surface area contributed by atoms with E-state index in [4.69, 9.17) is 0 Å². The number of benzene rings is 5. The van der Waals surface area contributed by atoms with Gasteiger partial charge in [-0.25, -0.2) is 0 Å². The monoisotopic (exact) mass is 494 g/mol. The van der Waals surface area contributed by atoms with Crippen LogP contribution in [0.25, 0.3) is 67.8 Å². The molecule has 36 heavy (non-hydrogen) atoms. The van der Waals surface area contributed by atoms with Crippen molar-refractivity contribution in [1.82, 2.24) is 0 Å². The second kappa shape index (κ2) is 7.89. The van der Waals surface area contributed by atoms with Crippen molar-refractivity contribution in [2.24, 2.45) is 0 Å². The largest absolute Gasteiger partial charge is 0.134 e. The van der Waals surface area contributed by atoms with Gasteiger partial charge in [-0.05, 0) is 87.0 Å². The molecule has 0 N–H and O–H groups in total. The van der Waals surface area contributed by atoms with Crippen LogP contribution >= 0.6 is 22.7 Å². The zero-order valence-electron chi connectivity index (χ0n) is 19.6. The van der Waals surface area contributed by atoms with Crippen molar-refractivity contribution in [2.75, 3.05) is 0 Å². The third kappa shape index (κ3) is 3.19. The van der Waals surface area contributed by atoms with Gasteiger partial charge in [0.05, 0.1) is 9.40 Å². The smallest absolute Gasteiger partial charge is 0.0542 e. The summed E-state index contributed by atoms with van der Waals surface area (Å²) in [5.74, 6) is 0. The number of allylic oxidation sites excluding steroid dienone is 4. The third-order valence-electron chi connectivity index (χ3n) is 7.45. The Morgan fingerprint density at radius 3 is 1.81 bits per heavy atom. The minimum Gasteiger partial charge on any atom is -0.134 e. The summed E-state index contributed by atoms with van der Waals surface area (Å²) in [5.41, 5.74) is 5.19. The van der Waals surface area contributed by atoms with Crippen LogP contribution in [-0.4, -0.2) is 0 Å². The van der Waals surface area contributed by atoms with Gasteiger partial charge in [0.15, 0.2) is 0 Å². The van der Waals surface area contributed by atoms with Crippen molar-refractivity contribution in [3.63, 3.8) is 0 Å². The number of fused-ring (bicyclic) bond motifs is 7. The van der Waals surface area contributed by atoms with Crippen LogP contribution in [0.5, 0.6) is 0 Å². The van der Waals surface area contributed by atoms with Crippen LogP contribution in [0.1, 0.15) is 18.4 Å². The van der Waals surface area contributed by atoms with Gasteiger partial charge in [-0.1, -0.05) is 78.9 Å². The average molecular weight is 495 g/mol. The fraction of sp³-hybridized carbons (Fsp3) is 0.0588. The van der Waals surface area contributed by atoms with E-state index in [9.17, 15) is 0 Å². The molecule has 5 aromatic carbocycles. The van der Waals surface area contributed by atoms with Gasteiger partial charge in [0, 0.05) is 20.2 Å². The van der Waals surface area contributed by atoms with Gasteiger partial charge in [0.1, 0.15) is 0 Å². The molecule has 0 fully saturated rings. The normalized spacial score (nSPS) is 13.9. The van der Waals surface area contributed by atoms with E-state index in [1.54, 1.807) is 0 Å². The first-order valence-electron chi connectivity index (χ1n) is 12.5. The minimum absolute atomic E-state index is 1.14. The summed E-state index contributed by atoms with van der Waals surface area (Å²) >= 11 is 3.87. The highest BCUT2D eigenvalue weighted by atomic mass is 32.1. The molecule has 2 heterocycles. The Labute approximate surface area is 217 Å². The molecule has 0 nitrogen and oxygen atoms in total. The zero-order chi connectivity index (χ0) is 23.6. The van der Waals surface area contributed by atoms with Gasteiger partial charge >= 0.3 is 0 Å². The Hall–Kier alpha value is -3.72. The molecular formula is C34H22S2. The summed E-state index contributed by atoms with van der Waals surface area (Å²) in [6.45, 7) is 0. The maximum absolute atomic E-state index is 2.40. The van der Waals surface area contributed by atoms with Crippen LogP contribution in [0, 0.1) is 0 Å². The van der Waals surface area contributed by atoms with E-state index in [0.717, 1.165) is 12.8 Å². The molecule has 7 aromatic rings. The lowest BCUT2D eigenvalue weighted by atomic mass is 9.96. The number of thiophene rings is 2. The third-order valence-corrected chi connectivity index (χ3v) is 9.95. The summed E-state index contributed by atoms with van der Waals surface area (Å²) in [4.78, 5) is 0. The Balaban J connectivity index is 1.24. The van der Waals surface area contributed by atoms with Gasteiger partial charge in [0.25, 0.3) is 0 Å². The maximum Gasteiger partial charge on any atom is 0.0542 e. The lowest BCUT2D eigenvalue weighted by Crippen LogP contribution is -1.86. The van der Waals surface area contributed by atoms with Gasteiger partial charge < -0.3 is 0 Å². The van der Waals surface area contributed by atoms with Crippen LogP contribution in [0.15, 0.2) is 109 Å². The molecule has 0 bridgehead atoms. The van der Waals surface area contributed by atoms with Crippen molar-refractivity contribution in [3.8, 4) is 11.1 Å². The van der Waals surface area contributed by atoms with E-state index in [1.807, 2.05) is 22.7 Å². The minimum atomic E-state index is 1.14. The zero-order valence-corrected chi connectivity index (χ0v) is 21.3. The molecule has 1 aliphatic rings. The molecule has 2 aromatic heterocycles.